The van der Waals surface area contributed by atoms with Crippen LogP contribution < -0.4 is 0 Å². The number of fused-ring (bicyclic) bond motifs is 1. The quantitative estimate of drug-likeness (QED) is 0.136. The molecule has 12 aromatic heterocycles. The number of pyridine rings is 1. The van der Waals surface area contributed by atoms with Crippen molar-refractivity contribution in [3.8, 4) is 0 Å². The second kappa shape index (κ2) is 120. The van der Waals surface area contributed by atoms with Crippen LogP contribution in [0.4, 0.5) is 0 Å². The Morgan fingerprint density at radius 1 is 0.234 bits per heavy atom. The standard InChI is InChI=1S/C7H8S.C6H7N.6C5H6N2.4C4H5N3.13C2H6/c1-2-6-4-5-8-7(6)3-1;1-6-2-4-7-5-3-6;1-5-2-6-4-7-3-5;1-5-4-6-2-3-7-5;1-5-2-3-6-4-7-5;1-5-2-3-6-7-4-5;1-5-6-3-2-4-7-5;1-5-3-2-4-6-7-5;1-4-6-2-5-3-7-4;1-4-2-6-7-3-5-4;1-4-2-5-3-6-7-4;1-4-5-2-3-6-7-4;13*1-2/h4-5H,1-3H2;2-5H,1H3;6*2-4H,1H3;4*2-3H,1H3;13*1-2H3. The second-order valence-corrected chi connectivity index (χ2v) is 17.8. The van der Waals surface area contributed by atoms with Gasteiger partial charge < -0.3 is 0 Å². The fraction of sp³-hybridized carbons (Fsp3) is 0.471. The van der Waals surface area contributed by atoms with Gasteiger partial charge in [-0.1, -0.05) is 180 Å². The number of aryl methyl sites for hydroxylation is 13. The van der Waals surface area contributed by atoms with E-state index in [-0.39, 0.29) is 0 Å². The molecule has 1 aliphatic rings. The number of nitrogens with zero attached hydrogens (tertiary/aromatic N) is 25. The largest absolute Gasteiger partial charge is 0.265 e. The molecule has 26 heteroatoms. The Morgan fingerprint density at radius 2 is 0.712 bits per heavy atom. The third-order valence-corrected chi connectivity index (χ3v) is 10.2. The van der Waals surface area contributed by atoms with E-state index in [1.807, 2.05) is 297 Å². The summed E-state index contributed by atoms with van der Waals surface area (Å²) in [6.45, 7) is 72.9. The molecule has 0 saturated heterocycles. The van der Waals surface area contributed by atoms with Crippen molar-refractivity contribution in [2.24, 2.45) is 0 Å². The zero-order valence-electron chi connectivity index (χ0n) is 75.7. The first-order valence-electron chi connectivity index (χ1n) is 39.0. The second-order valence-electron chi connectivity index (χ2n) is 16.8. The van der Waals surface area contributed by atoms with Crippen LogP contribution in [0.3, 0.4) is 0 Å². The van der Waals surface area contributed by atoms with Gasteiger partial charge >= 0.3 is 0 Å². The molecule has 1 aliphatic carbocycles. The van der Waals surface area contributed by atoms with Crippen LogP contribution in [-0.4, -0.2) is 126 Å². The fourth-order valence-electron chi connectivity index (χ4n) is 5.11. The third kappa shape index (κ3) is 108. The lowest BCUT2D eigenvalue weighted by molar-refractivity contribution is 0.907. The van der Waals surface area contributed by atoms with Crippen LogP contribution >= 0.6 is 11.3 Å². The van der Waals surface area contributed by atoms with Crippen molar-refractivity contribution >= 4 is 11.3 Å². The van der Waals surface area contributed by atoms with Crippen LogP contribution in [0.5, 0.6) is 0 Å². The monoisotopic (exact) mass is 1550 g/mol. The Bertz CT molecular complexity index is 2610. The Balaban J connectivity index is -0.0000000938. The lowest BCUT2D eigenvalue weighted by atomic mass is 10.3. The molecule has 0 aliphatic heterocycles. The molecule has 25 nitrogen and oxygen atoms in total. The highest BCUT2D eigenvalue weighted by Crippen LogP contribution is 2.26. The minimum Gasteiger partial charge on any atom is -0.265 e. The predicted octanol–water partition coefficient (Wildman–Crippen LogP) is 22.4. The van der Waals surface area contributed by atoms with Crippen LogP contribution in [-0.2, 0) is 12.8 Å². The van der Waals surface area contributed by atoms with Gasteiger partial charge in [0.2, 0.25) is 0 Å². The topological polar surface area (TPSA) is 322 Å². The molecular formula is C85H149N25S. The average molecular weight is 1550 g/mol. The molecule has 111 heavy (non-hydrogen) atoms. The first kappa shape index (κ1) is 127. The number of hydrogen-bond acceptors (Lipinski definition) is 26. The molecule has 0 saturated carbocycles. The van der Waals surface area contributed by atoms with Crippen LogP contribution in [0.15, 0.2) is 197 Å². The maximum absolute atomic E-state index is 3.92. The molecule has 620 valence electrons. The minimum atomic E-state index is 0.711. The molecule has 0 unspecified atom stereocenters. The zero-order chi connectivity index (χ0) is 87.6. The van der Waals surface area contributed by atoms with Gasteiger partial charge in [0.05, 0.1) is 47.6 Å². The number of hydrogen-bond donors (Lipinski definition) is 0. The smallest absolute Gasteiger partial charge is 0.147 e. The number of rotatable bonds is 0. The molecular weight excluding hydrogens is 1400 g/mol. The van der Waals surface area contributed by atoms with Crippen molar-refractivity contribution < 1.29 is 0 Å². The van der Waals surface area contributed by atoms with Crippen LogP contribution in [0.2, 0.25) is 0 Å². The molecule has 12 heterocycles. The van der Waals surface area contributed by atoms with Crippen molar-refractivity contribution in [2.75, 3.05) is 0 Å². The Kier molecular flexibility index (Phi) is 138. The Morgan fingerprint density at radius 3 is 0.973 bits per heavy atom. The fourth-order valence-corrected chi connectivity index (χ4v) is 6.09. The molecule has 0 amide bonds. The van der Waals surface area contributed by atoms with Gasteiger partial charge in [0.15, 0.2) is 0 Å². The third-order valence-electron chi connectivity index (χ3n) is 9.22. The lowest BCUT2D eigenvalue weighted by Gasteiger charge is -1.82. The highest BCUT2D eigenvalue weighted by Gasteiger charge is 2.09. The summed E-state index contributed by atoms with van der Waals surface area (Å²) < 4.78 is 0. The van der Waals surface area contributed by atoms with Gasteiger partial charge in [-0.05, 0) is 172 Å². The van der Waals surface area contributed by atoms with Crippen molar-refractivity contribution in [1.29, 1.82) is 0 Å². The first-order valence-corrected chi connectivity index (χ1v) is 39.9. The average Bonchev–Trinajstić information content (AvgIpc) is 1.73. The van der Waals surface area contributed by atoms with Gasteiger partial charge in [-0.3, -0.25) is 15.0 Å². The summed E-state index contributed by atoms with van der Waals surface area (Å²) in [7, 11) is 0. The van der Waals surface area contributed by atoms with Gasteiger partial charge in [-0.25, -0.2) is 59.8 Å². The summed E-state index contributed by atoms with van der Waals surface area (Å²) >= 11 is 1.91. The first-order chi connectivity index (χ1) is 54.3. The van der Waals surface area contributed by atoms with E-state index < -0.39 is 0 Å². The maximum atomic E-state index is 3.92. The van der Waals surface area contributed by atoms with E-state index in [0.717, 1.165) is 51.2 Å². The maximum Gasteiger partial charge on any atom is 0.147 e. The molecule has 0 spiro atoms. The molecule has 0 fully saturated rings. The highest BCUT2D eigenvalue weighted by molar-refractivity contribution is 7.10. The minimum absolute atomic E-state index is 0.711. The summed E-state index contributed by atoms with van der Waals surface area (Å²) in [5, 5.41) is 38.2. The van der Waals surface area contributed by atoms with Gasteiger partial charge in [0.1, 0.15) is 55.4 Å². The molecule has 0 N–H and O–H groups in total. The molecule has 0 radical (unpaired) electrons. The van der Waals surface area contributed by atoms with E-state index in [1.165, 1.54) is 62.8 Å². The molecule has 12 aromatic rings. The highest BCUT2D eigenvalue weighted by atomic mass is 32.1. The van der Waals surface area contributed by atoms with Crippen molar-refractivity contribution in [3.63, 3.8) is 0 Å². The van der Waals surface area contributed by atoms with Crippen LogP contribution in [0.1, 0.15) is 260 Å². The van der Waals surface area contributed by atoms with Gasteiger partial charge in [0.25, 0.3) is 0 Å². The Labute approximate surface area is 679 Å². The number of aromatic nitrogens is 25. The summed E-state index contributed by atoms with van der Waals surface area (Å²) in [6, 6.07) is 15.5. The van der Waals surface area contributed by atoms with Gasteiger partial charge in [-0.15, -0.1) is 26.6 Å². The van der Waals surface area contributed by atoms with Gasteiger partial charge in [-0.2, -0.15) is 35.7 Å². The Hall–Kier alpha value is -10.6. The normalized spacial score (nSPS) is 7.94. The summed E-state index contributed by atoms with van der Waals surface area (Å²) in [5.41, 5.74) is 9.79. The zero-order valence-corrected chi connectivity index (χ0v) is 76.5. The SMILES string of the molecule is CC.CC.CC.CC.CC.CC.CC.CC.CC.CC.CC.CC.CC.Cc1cccnn1.Cc1ccncc1.Cc1ccncn1.Cc1ccnnc1.Cc1cnccn1.Cc1cncnc1.Cc1cncnn1.Cc1cnncn1.Cc1ncccn1.Cc1nccnn1.Cc1ncncn1.c1cc2c(s1)CCC2. The van der Waals surface area contributed by atoms with Crippen molar-refractivity contribution in [2.45, 2.75) is 275 Å². The van der Waals surface area contributed by atoms with Crippen molar-refractivity contribution in [1.82, 2.24) is 126 Å². The summed E-state index contributed by atoms with van der Waals surface area (Å²) in [4.78, 5) is 58.6. The van der Waals surface area contributed by atoms with Crippen molar-refractivity contribution in [3.05, 3.63) is 270 Å². The van der Waals surface area contributed by atoms with E-state index in [1.54, 1.807) is 129 Å². The van der Waals surface area contributed by atoms with E-state index in [0.29, 0.717) is 5.82 Å². The lowest BCUT2D eigenvalue weighted by Crippen LogP contribution is -1.85. The van der Waals surface area contributed by atoms with E-state index in [9.17, 15) is 0 Å². The van der Waals surface area contributed by atoms with E-state index in [2.05, 4.69) is 137 Å². The van der Waals surface area contributed by atoms with E-state index >= 15 is 0 Å². The summed E-state index contributed by atoms with van der Waals surface area (Å²) in [5.74, 6) is 2.29. The molecule has 0 bridgehead atoms. The molecule has 13 rings (SSSR count). The van der Waals surface area contributed by atoms with Gasteiger partial charge in [0, 0.05) is 91.1 Å². The molecule has 0 aromatic carbocycles. The van der Waals surface area contributed by atoms with E-state index in [4.69, 9.17) is 0 Å². The van der Waals surface area contributed by atoms with Crippen LogP contribution in [0.25, 0.3) is 0 Å². The van der Waals surface area contributed by atoms with Crippen LogP contribution in [0, 0.1) is 76.2 Å². The predicted molar refractivity (Wildman–Crippen MR) is 472 cm³/mol. The molecule has 0 atom stereocenters. The summed E-state index contributed by atoms with van der Waals surface area (Å²) in [6.07, 6.45) is 41.7. The number of thiophene rings is 1.